The highest BCUT2D eigenvalue weighted by Crippen LogP contribution is 2.53. The Hall–Kier alpha value is -1.98. The van der Waals surface area contributed by atoms with Crippen LogP contribution in [0.4, 0.5) is 30.7 Å². The minimum absolute atomic E-state index is 0.0626. The van der Waals surface area contributed by atoms with E-state index in [2.05, 4.69) is 22.6 Å². The van der Waals surface area contributed by atoms with Crippen LogP contribution in [0.3, 0.4) is 0 Å². The zero-order valence-electron chi connectivity index (χ0n) is 18.4. The molecule has 1 aliphatic rings. The summed E-state index contributed by atoms with van der Waals surface area (Å²) >= 11 is 0. The highest BCUT2D eigenvalue weighted by Gasteiger charge is 2.73. The van der Waals surface area contributed by atoms with Gasteiger partial charge in [-0.25, -0.2) is 4.39 Å². The number of hydrogen-bond acceptors (Lipinski definition) is 3. The fourth-order valence-corrected chi connectivity index (χ4v) is 5.75. The molecule has 0 aliphatic heterocycles. The van der Waals surface area contributed by atoms with Crippen LogP contribution in [0, 0.1) is 0 Å². The van der Waals surface area contributed by atoms with Crippen molar-refractivity contribution in [3.8, 4) is 0 Å². The molecule has 34 heavy (non-hydrogen) atoms. The molecule has 1 aromatic carbocycles. The number of rotatable bonds is 10. The zero-order valence-corrected chi connectivity index (χ0v) is 19.2. The van der Waals surface area contributed by atoms with E-state index >= 15 is 0 Å². The van der Waals surface area contributed by atoms with Gasteiger partial charge >= 0.3 is 12.4 Å². The summed E-state index contributed by atoms with van der Waals surface area (Å²) < 4.78 is 117. The van der Waals surface area contributed by atoms with E-state index < -0.39 is 58.1 Å². The molecule has 1 aromatic rings. The van der Waals surface area contributed by atoms with Crippen LogP contribution in [0.25, 0.3) is 0 Å². The maximum Gasteiger partial charge on any atom is 0.430 e. The van der Waals surface area contributed by atoms with E-state index in [0.29, 0.717) is 43.4 Å². The van der Waals surface area contributed by atoms with E-state index in [9.17, 15) is 34.9 Å². The maximum absolute atomic E-state index is 13.9. The number of ether oxygens (including phenoxy) is 2. The third-order valence-corrected chi connectivity index (χ3v) is 7.64. The van der Waals surface area contributed by atoms with E-state index in [1.54, 1.807) is 0 Å². The second-order valence-corrected chi connectivity index (χ2v) is 9.66. The lowest BCUT2D eigenvalue weighted by Gasteiger charge is -2.38. The molecule has 0 saturated heterocycles. The molecule has 11 heteroatoms. The molecule has 1 aliphatic carbocycles. The molecule has 0 radical (unpaired) electrons. The highest BCUT2D eigenvalue weighted by molar-refractivity contribution is 7.90. The second kappa shape index (κ2) is 10.7. The van der Waals surface area contributed by atoms with Crippen molar-refractivity contribution in [3.63, 3.8) is 0 Å². The summed E-state index contributed by atoms with van der Waals surface area (Å²) in [5, 5.41) is 0. The van der Waals surface area contributed by atoms with Crippen LogP contribution in [-0.4, -0.2) is 36.9 Å². The number of hydrogen-bond donors (Lipinski definition) is 0. The predicted molar refractivity (Wildman–Crippen MR) is 115 cm³/mol. The number of methoxy groups -OCH3 is 1. The summed E-state index contributed by atoms with van der Waals surface area (Å²) in [6.07, 6.45) is -7.43. The first-order valence-electron chi connectivity index (χ1n) is 10.2. The molecule has 0 heterocycles. The molecule has 0 spiro atoms. The summed E-state index contributed by atoms with van der Waals surface area (Å²) in [6, 6.07) is 3.61. The van der Waals surface area contributed by atoms with Crippen LogP contribution in [0.15, 0.2) is 60.3 Å². The molecule has 0 bridgehead atoms. The van der Waals surface area contributed by atoms with Crippen molar-refractivity contribution in [2.75, 3.05) is 20.3 Å². The number of alkyl halides is 6. The fraction of sp³-hybridized carbons (Fsp3) is 0.478. The van der Waals surface area contributed by atoms with Crippen LogP contribution in [0.1, 0.15) is 36.8 Å². The first kappa shape index (κ1) is 28.3. The van der Waals surface area contributed by atoms with Gasteiger partial charge in [-0.1, -0.05) is 50.3 Å². The van der Waals surface area contributed by atoms with Crippen molar-refractivity contribution in [1.82, 2.24) is 0 Å². The zero-order chi connectivity index (χ0) is 25.8. The van der Waals surface area contributed by atoms with Gasteiger partial charge in [0.1, 0.15) is 5.83 Å². The number of halogens is 7. The molecule has 2 rings (SSSR count). The Kier molecular flexibility index (Phi) is 8.93. The first-order valence-corrected chi connectivity index (χ1v) is 11.4. The van der Waals surface area contributed by atoms with Crippen molar-refractivity contribution >= 4 is 10.8 Å². The Morgan fingerprint density at radius 2 is 1.53 bits per heavy atom. The third kappa shape index (κ3) is 5.46. The van der Waals surface area contributed by atoms with Crippen molar-refractivity contribution in [2.45, 2.75) is 48.4 Å². The Morgan fingerprint density at radius 1 is 1.00 bits per heavy atom. The first-order chi connectivity index (χ1) is 15.7. The molecular formula is C23H25F7O3S. The molecule has 1 fully saturated rings. The van der Waals surface area contributed by atoms with Crippen molar-refractivity contribution in [1.29, 1.82) is 0 Å². The van der Waals surface area contributed by atoms with Gasteiger partial charge in [0.05, 0.1) is 28.8 Å². The molecule has 190 valence electrons. The average molecular weight is 515 g/mol. The fourth-order valence-electron chi connectivity index (χ4n) is 4.05. The highest BCUT2D eigenvalue weighted by atomic mass is 32.2. The molecule has 0 aromatic heterocycles. The van der Waals surface area contributed by atoms with Crippen molar-refractivity contribution < 1.29 is 44.4 Å². The average Bonchev–Trinajstić information content (AvgIpc) is 3.24. The van der Waals surface area contributed by atoms with Crippen molar-refractivity contribution in [2.24, 2.45) is 0 Å². The summed E-state index contributed by atoms with van der Waals surface area (Å²) in [5.74, 6) is -0.785. The van der Waals surface area contributed by atoms with E-state index in [1.807, 2.05) is 0 Å². The monoisotopic (exact) mass is 514 g/mol. The Bertz CT molecular complexity index is 913. The Morgan fingerprint density at radius 3 is 1.97 bits per heavy atom. The lowest BCUT2D eigenvalue weighted by molar-refractivity contribution is -0.390. The lowest BCUT2D eigenvalue weighted by Crippen LogP contribution is -2.56. The molecule has 1 saturated carbocycles. The number of allylic oxidation sites excluding steroid dienone is 3. The van der Waals surface area contributed by atoms with Crippen LogP contribution in [-0.2, 0) is 30.6 Å². The van der Waals surface area contributed by atoms with Gasteiger partial charge in [-0.05, 0) is 30.6 Å². The molecule has 0 N–H and O–H groups in total. The Balaban J connectivity index is 2.54. The van der Waals surface area contributed by atoms with E-state index in [0.717, 1.165) is 25.3 Å². The molecule has 1 unspecified atom stereocenters. The molecule has 3 nitrogen and oxygen atoms in total. The largest absolute Gasteiger partial charge is 0.430 e. The summed E-state index contributed by atoms with van der Waals surface area (Å²) in [6.45, 7) is 5.32. The summed E-state index contributed by atoms with van der Waals surface area (Å²) in [4.78, 5) is 0.0626. The standard InChI is InChI=1S/C23H25F7O3S/c1-16(24)6-7-17(2)34(31)20(12-4-5-13-20)18-8-10-19(11-9-18)21(22(25,26)27,23(28,29)30)33-15-14-32-3/h6-11H,1-2,4-5,12-15H2,3H3/b7-6-. The normalized spacial score (nSPS) is 17.8. The van der Waals surface area contributed by atoms with Gasteiger partial charge < -0.3 is 9.47 Å². The maximum atomic E-state index is 13.9. The number of benzene rings is 1. The van der Waals surface area contributed by atoms with Crippen LogP contribution < -0.4 is 0 Å². The molecule has 1 atom stereocenters. The van der Waals surface area contributed by atoms with E-state index in [1.165, 1.54) is 6.08 Å². The Labute approximate surface area is 195 Å². The third-order valence-electron chi connectivity index (χ3n) is 5.68. The summed E-state index contributed by atoms with van der Waals surface area (Å²) in [7, 11) is -0.696. The molecular weight excluding hydrogens is 489 g/mol. The quantitative estimate of drug-likeness (QED) is 0.197. The van der Waals surface area contributed by atoms with Crippen LogP contribution in [0.5, 0.6) is 0 Å². The van der Waals surface area contributed by atoms with Gasteiger partial charge in [0.2, 0.25) is 0 Å². The van der Waals surface area contributed by atoms with Gasteiger partial charge in [0, 0.05) is 17.6 Å². The molecule has 0 amide bonds. The minimum atomic E-state index is -5.82. The topological polar surface area (TPSA) is 35.5 Å². The summed E-state index contributed by atoms with van der Waals surface area (Å²) in [5.41, 5.74) is -5.41. The predicted octanol–water partition coefficient (Wildman–Crippen LogP) is 6.74. The van der Waals surface area contributed by atoms with Gasteiger partial charge in [-0.15, -0.1) is 0 Å². The van der Waals surface area contributed by atoms with Gasteiger partial charge in [0.25, 0.3) is 5.60 Å². The van der Waals surface area contributed by atoms with Gasteiger partial charge in [0.15, 0.2) is 0 Å². The minimum Gasteiger partial charge on any atom is -0.382 e. The van der Waals surface area contributed by atoms with Crippen LogP contribution in [0.2, 0.25) is 0 Å². The van der Waals surface area contributed by atoms with Crippen molar-refractivity contribution in [3.05, 3.63) is 71.4 Å². The van der Waals surface area contributed by atoms with E-state index in [4.69, 9.17) is 0 Å². The van der Waals surface area contributed by atoms with Gasteiger partial charge in [-0.3, -0.25) is 4.21 Å². The SMILES string of the molecule is C=C(F)/C=C\C(=C)S(=O)C1(c2ccc(C(OCCOC)(C(F)(F)F)C(F)(F)F)cc2)CCCC1. The smallest absolute Gasteiger partial charge is 0.382 e. The van der Waals surface area contributed by atoms with Crippen LogP contribution >= 0.6 is 0 Å². The second-order valence-electron chi connectivity index (χ2n) is 7.81. The lowest BCUT2D eigenvalue weighted by atomic mass is 9.88. The van der Waals surface area contributed by atoms with Gasteiger partial charge in [-0.2, -0.15) is 26.3 Å². The van der Waals surface area contributed by atoms with E-state index in [-0.39, 0.29) is 4.91 Å².